The number of amides is 1. The molecule has 1 amide bonds. The number of unbranched alkanes of at least 4 members (excludes halogenated alkanes) is 3. The number of hydrogen-bond donors (Lipinski definition) is 2. The van der Waals surface area contributed by atoms with Crippen LogP contribution in [0.15, 0.2) is 24.3 Å². The molecule has 2 N–H and O–H groups in total. The number of carbonyl (C=O) groups excluding carboxylic acids is 1. The van der Waals surface area contributed by atoms with Crippen molar-refractivity contribution in [3.05, 3.63) is 35.4 Å². The lowest BCUT2D eigenvalue weighted by Gasteiger charge is -2.07. The summed E-state index contributed by atoms with van der Waals surface area (Å²) in [5.74, 6) is 0.472. The minimum atomic E-state index is -0.732. The van der Waals surface area contributed by atoms with Gasteiger partial charge in [-0.25, -0.2) is 0 Å². The second kappa shape index (κ2) is 8.86. The summed E-state index contributed by atoms with van der Waals surface area (Å²) < 4.78 is 0. The summed E-state index contributed by atoms with van der Waals surface area (Å²) in [7, 11) is 0. The maximum atomic E-state index is 12.2. The third kappa shape index (κ3) is 5.66. The highest BCUT2D eigenvalue weighted by Crippen LogP contribution is 2.47. The largest absolute Gasteiger partial charge is 0.481 e. The van der Waals surface area contributed by atoms with E-state index in [0.717, 1.165) is 32.1 Å². The molecule has 24 heavy (non-hydrogen) atoms. The summed E-state index contributed by atoms with van der Waals surface area (Å²) in [5.41, 5.74) is 2.61. The standard InChI is InChI=1S/C20H29NO3/c1-14(2)15-8-10-16(11-9-15)17-13-18(17)20(24)21-12-6-4-3-5-7-19(22)23/h8-11,14,17-18H,3-7,12-13H2,1-2H3,(H,21,24)(H,22,23). The van der Waals surface area contributed by atoms with Crippen molar-refractivity contribution in [2.75, 3.05) is 6.54 Å². The number of carbonyl (C=O) groups is 2. The van der Waals surface area contributed by atoms with E-state index in [1.807, 2.05) is 0 Å². The van der Waals surface area contributed by atoms with Gasteiger partial charge in [-0.15, -0.1) is 0 Å². The molecule has 0 aromatic heterocycles. The monoisotopic (exact) mass is 331 g/mol. The summed E-state index contributed by atoms with van der Waals surface area (Å²) in [6.45, 7) is 5.07. The highest BCUT2D eigenvalue weighted by atomic mass is 16.4. The van der Waals surface area contributed by atoms with Gasteiger partial charge in [0, 0.05) is 18.9 Å². The molecule has 4 nitrogen and oxygen atoms in total. The second-order valence-corrected chi connectivity index (χ2v) is 7.12. The van der Waals surface area contributed by atoms with Crippen molar-refractivity contribution in [2.24, 2.45) is 5.92 Å². The molecule has 2 unspecified atom stereocenters. The van der Waals surface area contributed by atoms with Crippen molar-refractivity contribution < 1.29 is 14.7 Å². The molecule has 1 aromatic carbocycles. The minimum Gasteiger partial charge on any atom is -0.481 e. The Balaban J connectivity index is 1.62. The zero-order valence-corrected chi connectivity index (χ0v) is 14.8. The van der Waals surface area contributed by atoms with Gasteiger partial charge in [-0.05, 0) is 42.2 Å². The van der Waals surface area contributed by atoms with Crippen molar-refractivity contribution in [3.63, 3.8) is 0 Å². The van der Waals surface area contributed by atoms with E-state index >= 15 is 0 Å². The third-order valence-electron chi connectivity index (χ3n) is 4.78. The summed E-state index contributed by atoms with van der Waals surface area (Å²) in [5, 5.41) is 11.6. The Hall–Kier alpha value is -1.84. The lowest BCUT2D eigenvalue weighted by Crippen LogP contribution is -2.26. The van der Waals surface area contributed by atoms with Crippen molar-refractivity contribution in [1.82, 2.24) is 5.32 Å². The maximum Gasteiger partial charge on any atom is 0.303 e. The number of aliphatic carboxylic acids is 1. The van der Waals surface area contributed by atoms with Crippen LogP contribution in [0.5, 0.6) is 0 Å². The third-order valence-corrected chi connectivity index (χ3v) is 4.78. The van der Waals surface area contributed by atoms with Gasteiger partial charge in [0.05, 0.1) is 0 Å². The van der Waals surface area contributed by atoms with Gasteiger partial charge in [-0.3, -0.25) is 9.59 Å². The van der Waals surface area contributed by atoms with Gasteiger partial charge in [-0.2, -0.15) is 0 Å². The van der Waals surface area contributed by atoms with E-state index in [1.165, 1.54) is 11.1 Å². The molecule has 1 fully saturated rings. The first-order chi connectivity index (χ1) is 11.5. The zero-order chi connectivity index (χ0) is 17.5. The molecule has 1 aromatic rings. The number of carboxylic acids is 1. The molecule has 1 aliphatic carbocycles. The molecule has 2 atom stereocenters. The van der Waals surface area contributed by atoms with Crippen LogP contribution in [-0.2, 0) is 9.59 Å². The van der Waals surface area contributed by atoms with Gasteiger partial charge in [0.2, 0.25) is 5.91 Å². The van der Waals surface area contributed by atoms with E-state index in [2.05, 4.69) is 43.4 Å². The quantitative estimate of drug-likeness (QED) is 0.635. The second-order valence-electron chi connectivity index (χ2n) is 7.12. The SMILES string of the molecule is CC(C)c1ccc(C2CC2C(=O)NCCCCCCC(=O)O)cc1. The van der Waals surface area contributed by atoms with Gasteiger partial charge in [0.25, 0.3) is 0 Å². The average Bonchev–Trinajstić information content (AvgIpc) is 3.34. The average molecular weight is 331 g/mol. The van der Waals surface area contributed by atoms with Crippen LogP contribution in [0.2, 0.25) is 0 Å². The van der Waals surface area contributed by atoms with Crippen LogP contribution >= 0.6 is 0 Å². The fourth-order valence-corrected chi connectivity index (χ4v) is 3.08. The number of rotatable bonds is 10. The minimum absolute atomic E-state index is 0.127. The number of hydrogen-bond acceptors (Lipinski definition) is 2. The fraction of sp³-hybridized carbons (Fsp3) is 0.600. The summed E-state index contributed by atoms with van der Waals surface area (Å²) in [6.07, 6.45) is 4.72. The zero-order valence-electron chi connectivity index (χ0n) is 14.8. The normalized spacial score (nSPS) is 19.3. The van der Waals surface area contributed by atoms with Gasteiger partial charge < -0.3 is 10.4 Å². The van der Waals surface area contributed by atoms with Crippen LogP contribution in [0, 0.1) is 5.92 Å². The van der Waals surface area contributed by atoms with Crippen LogP contribution in [0.3, 0.4) is 0 Å². The first-order valence-electron chi connectivity index (χ1n) is 9.08. The highest BCUT2D eigenvalue weighted by Gasteiger charge is 2.43. The molecular formula is C20H29NO3. The summed E-state index contributed by atoms with van der Waals surface area (Å²) in [4.78, 5) is 22.6. The lowest BCUT2D eigenvalue weighted by molar-refractivity contribution is -0.137. The van der Waals surface area contributed by atoms with Crippen LogP contribution in [0.1, 0.15) is 75.3 Å². The predicted octanol–water partition coefficient (Wildman–Crippen LogP) is 4.06. The van der Waals surface area contributed by atoms with Crippen molar-refractivity contribution in [3.8, 4) is 0 Å². The molecule has 0 spiro atoms. The Morgan fingerprint density at radius 2 is 1.79 bits per heavy atom. The van der Waals surface area contributed by atoms with E-state index in [4.69, 9.17) is 5.11 Å². The molecule has 2 rings (SSSR count). The first-order valence-corrected chi connectivity index (χ1v) is 9.08. The molecule has 0 heterocycles. The Morgan fingerprint density at radius 3 is 2.42 bits per heavy atom. The van der Waals surface area contributed by atoms with Crippen LogP contribution in [0.25, 0.3) is 0 Å². The summed E-state index contributed by atoms with van der Waals surface area (Å²) in [6, 6.07) is 8.67. The molecule has 132 valence electrons. The van der Waals surface area contributed by atoms with Crippen LogP contribution in [-0.4, -0.2) is 23.5 Å². The number of carboxylic acid groups (broad SMARTS) is 1. The van der Waals surface area contributed by atoms with E-state index in [-0.39, 0.29) is 18.2 Å². The Morgan fingerprint density at radius 1 is 1.12 bits per heavy atom. The maximum absolute atomic E-state index is 12.2. The molecule has 4 heteroatoms. The van der Waals surface area contributed by atoms with Crippen LogP contribution < -0.4 is 5.32 Å². The van der Waals surface area contributed by atoms with Gasteiger partial charge in [-0.1, -0.05) is 51.0 Å². The lowest BCUT2D eigenvalue weighted by atomic mass is 10.00. The van der Waals surface area contributed by atoms with Crippen molar-refractivity contribution in [2.45, 2.75) is 64.2 Å². The van der Waals surface area contributed by atoms with Gasteiger partial charge in [0.1, 0.15) is 0 Å². The van der Waals surface area contributed by atoms with Crippen molar-refractivity contribution >= 4 is 11.9 Å². The predicted molar refractivity (Wildman–Crippen MR) is 95.1 cm³/mol. The number of nitrogens with one attached hydrogen (secondary N) is 1. The number of benzene rings is 1. The van der Waals surface area contributed by atoms with E-state index in [1.54, 1.807) is 0 Å². The van der Waals surface area contributed by atoms with Crippen molar-refractivity contribution in [1.29, 1.82) is 0 Å². The Bertz CT molecular complexity index is 551. The molecule has 0 radical (unpaired) electrons. The van der Waals surface area contributed by atoms with Gasteiger partial charge >= 0.3 is 5.97 Å². The molecule has 0 aliphatic heterocycles. The molecule has 1 aliphatic rings. The van der Waals surface area contributed by atoms with Crippen LogP contribution in [0.4, 0.5) is 0 Å². The Labute approximate surface area is 144 Å². The van der Waals surface area contributed by atoms with E-state index in [0.29, 0.717) is 18.4 Å². The van der Waals surface area contributed by atoms with E-state index in [9.17, 15) is 9.59 Å². The van der Waals surface area contributed by atoms with Gasteiger partial charge in [0.15, 0.2) is 0 Å². The molecule has 1 saturated carbocycles. The smallest absolute Gasteiger partial charge is 0.303 e. The molecule has 0 bridgehead atoms. The highest BCUT2D eigenvalue weighted by molar-refractivity contribution is 5.82. The van der Waals surface area contributed by atoms with E-state index < -0.39 is 5.97 Å². The topological polar surface area (TPSA) is 66.4 Å². The first kappa shape index (κ1) is 18.5. The Kier molecular flexibility index (Phi) is 6.83. The fourth-order valence-electron chi connectivity index (χ4n) is 3.08. The molecular weight excluding hydrogens is 302 g/mol. The molecule has 0 saturated heterocycles. The summed E-state index contributed by atoms with van der Waals surface area (Å²) >= 11 is 0.